The molecule has 0 saturated heterocycles. The molecule has 2 rings (SSSR count). The number of ether oxygens (including phenoxy) is 2. The number of methoxy groups -OCH3 is 2. The molecule has 0 amide bonds. The van der Waals surface area contributed by atoms with E-state index in [0.717, 1.165) is 10.8 Å². The fraction of sp³-hybridized carbons (Fsp3) is 0.214. The van der Waals surface area contributed by atoms with Gasteiger partial charge in [-0.25, -0.2) is 4.98 Å². The van der Waals surface area contributed by atoms with Crippen LogP contribution in [0.4, 0.5) is 11.5 Å². The molecule has 0 atom stereocenters. The van der Waals surface area contributed by atoms with Crippen molar-refractivity contribution in [3.05, 3.63) is 31.0 Å². The second kappa shape index (κ2) is 5.48. The molecule has 0 bridgehead atoms. The highest BCUT2D eigenvalue weighted by Gasteiger charge is 2.15. The number of nitrogens with zero attached hydrogens (tertiary/aromatic N) is 1. The molecule has 19 heavy (non-hydrogen) atoms. The van der Waals surface area contributed by atoms with Gasteiger partial charge in [0.15, 0.2) is 11.5 Å². The van der Waals surface area contributed by atoms with Crippen LogP contribution in [0, 0.1) is 0 Å². The van der Waals surface area contributed by atoms with Gasteiger partial charge in [-0.05, 0) is 6.07 Å². The van der Waals surface area contributed by atoms with Crippen LogP contribution in [0.3, 0.4) is 0 Å². The maximum Gasteiger partial charge on any atom is 0.168 e. The largest absolute Gasteiger partial charge is 0.493 e. The van der Waals surface area contributed by atoms with E-state index < -0.39 is 0 Å². The van der Waals surface area contributed by atoms with Crippen LogP contribution in [0.2, 0.25) is 0 Å². The predicted molar refractivity (Wildman–Crippen MR) is 77.9 cm³/mol. The van der Waals surface area contributed by atoms with Crippen LogP contribution in [0.5, 0.6) is 11.5 Å². The Morgan fingerprint density at radius 3 is 2.84 bits per heavy atom. The van der Waals surface area contributed by atoms with Crippen LogP contribution in [0.15, 0.2) is 31.0 Å². The first-order valence-electron chi connectivity index (χ1n) is 5.86. The Labute approximate surface area is 112 Å². The van der Waals surface area contributed by atoms with Crippen molar-refractivity contribution < 1.29 is 9.47 Å². The minimum Gasteiger partial charge on any atom is -0.493 e. The van der Waals surface area contributed by atoms with Crippen molar-refractivity contribution in [3.8, 4) is 11.5 Å². The average molecular weight is 259 g/mol. The second-order valence-electron chi connectivity index (χ2n) is 3.95. The summed E-state index contributed by atoms with van der Waals surface area (Å²) >= 11 is 0. The number of hydrogen-bond donors (Lipinski definition) is 2. The van der Waals surface area contributed by atoms with Crippen LogP contribution < -0.4 is 20.5 Å². The second-order valence-corrected chi connectivity index (χ2v) is 3.95. The van der Waals surface area contributed by atoms with Crippen LogP contribution in [0.1, 0.15) is 0 Å². The third-order valence-corrected chi connectivity index (χ3v) is 2.83. The molecule has 0 fully saturated rings. The van der Waals surface area contributed by atoms with Crippen LogP contribution in [0.25, 0.3) is 10.8 Å². The van der Waals surface area contributed by atoms with Gasteiger partial charge in [-0.1, -0.05) is 6.08 Å². The van der Waals surface area contributed by atoms with E-state index in [1.165, 1.54) is 0 Å². The van der Waals surface area contributed by atoms with Crippen molar-refractivity contribution in [2.45, 2.75) is 0 Å². The highest BCUT2D eigenvalue weighted by atomic mass is 16.5. The zero-order valence-corrected chi connectivity index (χ0v) is 11.1. The van der Waals surface area contributed by atoms with Crippen LogP contribution in [-0.4, -0.2) is 25.7 Å². The fourth-order valence-electron chi connectivity index (χ4n) is 2.02. The number of anilines is 2. The first-order valence-corrected chi connectivity index (χ1v) is 5.86. The highest BCUT2D eigenvalue weighted by molar-refractivity contribution is 6.05. The molecule has 1 aromatic heterocycles. The molecule has 0 spiro atoms. The van der Waals surface area contributed by atoms with Gasteiger partial charge in [0.2, 0.25) is 0 Å². The average Bonchev–Trinajstić information content (AvgIpc) is 2.44. The van der Waals surface area contributed by atoms with Gasteiger partial charge in [-0.2, -0.15) is 0 Å². The molecule has 0 radical (unpaired) electrons. The third kappa shape index (κ3) is 2.27. The fourth-order valence-corrected chi connectivity index (χ4v) is 2.02. The number of nitrogens with one attached hydrogen (secondary N) is 1. The van der Waals surface area contributed by atoms with E-state index in [4.69, 9.17) is 15.2 Å². The predicted octanol–water partition coefficient (Wildman–Crippen LogP) is 2.43. The summed E-state index contributed by atoms with van der Waals surface area (Å²) in [6, 6.07) is 3.59. The lowest BCUT2D eigenvalue weighted by Gasteiger charge is -2.15. The van der Waals surface area contributed by atoms with E-state index in [2.05, 4.69) is 16.9 Å². The SMILES string of the molecule is C=CCNc1nccc2c(OC)c(OC)cc(N)c12. The molecule has 100 valence electrons. The number of pyridine rings is 1. The number of fused-ring (bicyclic) bond motifs is 1. The van der Waals surface area contributed by atoms with E-state index >= 15 is 0 Å². The molecule has 0 unspecified atom stereocenters. The van der Waals surface area contributed by atoms with Gasteiger partial charge in [-0.3, -0.25) is 0 Å². The summed E-state index contributed by atoms with van der Waals surface area (Å²) in [7, 11) is 3.19. The standard InChI is InChI=1S/C14H17N3O2/c1-4-6-16-14-12-9(5-7-17-14)13(19-3)11(18-2)8-10(12)15/h4-5,7-8H,1,6,15H2,2-3H3,(H,16,17). The molecule has 1 aromatic carbocycles. The smallest absolute Gasteiger partial charge is 0.168 e. The van der Waals surface area contributed by atoms with Gasteiger partial charge in [0.1, 0.15) is 5.82 Å². The normalized spacial score (nSPS) is 10.2. The van der Waals surface area contributed by atoms with Gasteiger partial charge >= 0.3 is 0 Å². The molecular formula is C14H17N3O2. The Balaban J connectivity index is 2.72. The molecule has 3 N–H and O–H groups in total. The maximum atomic E-state index is 6.09. The zero-order valence-electron chi connectivity index (χ0n) is 11.1. The van der Waals surface area contributed by atoms with Gasteiger partial charge in [0, 0.05) is 29.9 Å². The number of benzene rings is 1. The zero-order chi connectivity index (χ0) is 13.8. The Morgan fingerprint density at radius 2 is 2.21 bits per heavy atom. The molecule has 2 aromatic rings. The molecular weight excluding hydrogens is 242 g/mol. The van der Waals surface area contributed by atoms with E-state index in [1.807, 2.05) is 6.07 Å². The maximum absolute atomic E-state index is 6.09. The minimum absolute atomic E-state index is 0.590. The van der Waals surface area contributed by atoms with Crippen molar-refractivity contribution in [3.63, 3.8) is 0 Å². The molecule has 0 saturated carbocycles. The summed E-state index contributed by atoms with van der Waals surface area (Å²) in [5, 5.41) is 4.84. The van der Waals surface area contributed by atoms with E-state index in [1.54, 1.807) is 32.6 Å². The molecule has 1 heterocycles. The third-order valence-electron chi connectivity index (χ3n) is 2.83. The van der Waals surface area contributed by atoms with Gasteiger partial charge < -0.3 is 20.5 Å². The van der Waals surface area contributed by atoms with E-state index in [9.17, 15) is 0 Å². The Morgan fingerprint density at radius 1 is 1.42 bits per heavy atom. The lowest BCUT2D eigenvalue weighted by Crippen LogP contribution is -2.03. The van der Waals surface area contributed by atoms with E-state index in [0.29, 0.717) is 29.5 Å². The molecule has 0 aliphatic carbocycles. The Bertz CT molecular complexity index is 611. The van der Waals surface area contributed by atoms with Crippen molar-refractivity contribution in [2.75, 3.05) is 31.8 Å². The summed E-state index contributed by atoms with van der Waals surface area (Å²) in [6.07, 6.45) is 3.46. The number of aromatic nitrogens is 1. The number of nitrogens with two attached hydrogens (primary N) is 1. The van der Waals surface area contributed by atoms with Gasteiger partial charge in [0.05, 0.1) is 19.6 Å². The van der Waals surface area contributed by atoms with E-state index in [-0.39, 0.29) is 0 Å². The van der Waals surface area contributed by atoms with Crippen LogP contribution >= 0.6 is 0 Å². The molecule has 5 nitrogen and oxygen atoms in total. The summed E-state index contributed by atoms with van der Waals surface area (Å²) in [5.41, 5.74) is 6.68. The summed E-state index contributed by atoms with van der Waals surface area (Å²) < 4.78 is 10.7. The monoisotopic (exact) mass is 259 g/mol. The molecule has 0 aliphatic rings. The van der Waals surface area contributed by atoms with Gasteiger partial charge in [-0.15, -0.1) is 6.58 Å². The number of hydrogen-bond acceptors (Lipinski definition) is 5. The first kappa shape index (κ1) is 13.0. The Hall–Kier alpha value is -2.43. The summed E-state index contributed by atoms with van der Waals surface area (Å²) in [5.74, 6) is 1.96. The minimum atomic E-state index is 0.590. The van der Waals surface area contributed by atoms with Gasteiger partial charge in [0.25, 0.3) is 0 Å². The first-order chi connectivity index (χ1) is 9.22. The lowest BCUT2D eigenvalue weighted by molar-refractivity contribution is 0.359. The quantitative estimate of drug-likeness (QED) is 0.637. The van der Waals surface area contributed by atoms with Crippen LogP contribution in [-0.2, 0) is 0 Å². The highest BCUT2D eigenvalue weighted by Crippen LogP contribution is 2.41. The number of nitrogen functional groups attached to an aromatic ring is 1. The van der Waals surface area contributed by atoms with Crippen molar-refractivity contribution in [2.24, 2.45) is 0 Å². The summed E-state index contributed by atoms with van der Waals surface area (Å²) in [4.78, 5) is 4.30. The summed E-state index contributed by atoms with van der Waals surface area (Å²) in [6.45, 7) is 4.28. The lowest BCUT2D eigenvalue weighted by atomic mass is 10.1. The van der Waals surface area contributed by atoms with Crippen molar-refractivity contribution >= 4 is 22.3 Å². The number of rotatable bonds is 5. The van der Waals surface area contributed by atoms with Crippen molar-refractivity contribution in [1.82, 2.24) is 4.98 Å². The Kier molecular flexibility index (Phi) is 3.75. The molecule has 0 aliphatic heterocycles. The van der Waals surface area contributed by atoms with Crippen molar-refractivity contribution in [1.29, 1.82) is 0 Å². The topological polar surface area (TPSA) is 69.4 Å². The molecule has 5 heteroatoms.